The third-order valence-corrected chi connectivity index (χ3v) is 6.12. The number of rotatable bonds is 12. The minimum atomic E-state index is -3.50. The highest BCUT2D eigenvalue weighted by molar-refractivity contribution is 7.90. The van der Waals surface area contributed by atoms with Gasteiger partial charge in [-0.2, -0.15) is 0 Å². The molecule has 1 N–H and O–H groups in total. The molecule has 0 spiro atoms. The quantitative estimate of drug-likeness (QED) is 0.385. The molecule has 0 saturated carbocycles. The zero-order chi connectivity index (χ0) is 22.8. The van der Waals surface area contributed by atoms with Gasteiger partial charge < -0.3 is 14.2 Å². The van der Waals surface area contributed by atoms with E-state index in [2.05, 4.69) is 9.71 Å². The van der Waals surface area contributed by atoms with Crippen LogP contribution in [0.25, 0.3) is 0 Å². The number of aliphatic imine (C=N–C) groups is 1. The van der Waals surface area contributed by atoms with Crippen LogP contribution < -0.4 is 14.2 Å². The van der Waals surface area contributed by atoms with E-state index in [-0.39, 0.29) is 24.1 Å². The lowest BCUT2D eigenvalue weighted by atomic mass is 10.2. The number of carbonyl (C=O) groups is 1. The number of carbonyl (C=O) groups excluding carboxylic acids is 1. The van der Waals surface area contributed by atoms with Gasteiger partial charge in [0.15, 0.2) is 0 Å². The summed E-state index contributed by atoms with van der Waals surface area (Å²) in [6.07, 6.45) is 2.56. The Hall–Kier alpha value is -3.07. The highest BCUT2D eigenvalue weighted by atomic mass is 32.2. The summed E-state index contributed by atoms with van der Waals surface area (Å²) in [5.41, 5.74) is 0.600. The molecule has 0 bridgehead atoms. The Labute approximate surface area is 188 Å². The largest absolute Gasteiger partial charge is 0.494 e. The number of hydrogen-bond donors (Lipinski definition) is 1. The Bertz CT molecular complexity index is 1030. The number of unbranched alkanes of at least 4 members (excludes halogenated alkanes) is 2. The average Bonchev–Trinajstić information content (AvgIpc) is 3.05. The Kier molecular flexibility index (Phi) is 8.49. The van der Waals surface area contributed by atoms with Crippen LogP contribution in [0.2, 0.25) is 0 Å². The third-order valence-electron chi connectivity index (χ3n) is 4.72. The van der Waals surface area contributed by atoms with E-state index in [9.17, 15) is 13.2 Å². The van der Waals surface area contributed by atoms with Gasteiger partial charge in [0.05, 0.1) is 11.5 Å². The second-order valence-electron chi connectivity index (χ2n) is 7.12. The summed E-state index contributed by atoms with van der Waals surface area (Å²) in [5.74, 6) is 1.60. The Morgan fingerprint density at radius 1 is 0.938 bits per heavy atom. The first kappa shape index (κ1) is 23.6. The summed E-state index contributed by atoms with van der Waals surface area (Å²) in [6.45, 7) is 3.50. The van der Waals surface area contributed by atoms with Gasteiger partial charge in [-0.05, 0) is 56.2 Å². The van der Waals surface area contributed by atoms with E-state index in [1.807, 2.05) is 31.2 Å². The molecule has 2 aromatic carbocycles. The van der Waals surface area contributed by atoms with Crippen molar-refractivity contribution >= 4 is 21.8 Å². The standard InChI is InChI=1S/C23H28N2O6S/c1-2-29-18-11-13-19(14-12-18)30-16-17-31-22(26)10-4-3-7-15-24-23-20-8-5-6-9-21(20)32(27,28)25-23/h5-6,8-9,11-14H,2-4,7,10,15-17H2,1H3,(H,24,25). The zero-order valence-electron chi connectivity index (χ0n) is 18.1. The Balaban J connectivity index is 1.26. The molecule has 0 atom stereocenters. The summed E-state index contributed by atoms with van der Waals surface area (Å²) in [7, 11) is -3.50. The summed E-state index contributed by atoms with van der Waals surface area (Å²) in [4.78, 5) is 16.4. The van der Waals surface area contributed by atoms with Crippen LogP contribution in [0.3, 0.4) is 0 Å². The number of esters is 1. The van der Waals surface area contributed by atoms with Crippen molar-refractivity contribution < 1.29 is 27.4 Å². The smallest absolute Gasteiger partial charge is 0.305 e. The first-order chi connectivity index (χ1) is 15.5. The molecule has 0 saturated heterocycles. The molecule has 2 aromatic rings. The lowest BCUT2D eigenvalue weighted by Crippen LogP contribution is -2.22. The number of sulfonamides is 1. The summed E-state index contributed by atoms with van der Waals surface area (Å²) in [5, 5.41) is 0. The van der Waals surface area contributed by atoms with Crippen molar-refractivity contribution in [3.8, 4) is 11.5 Å². The van der Waals surface area contributed by atoms with E-state index in [1.165, 1.54) is 0 Å². The van der Waals surface area contributed by atoms with E-state index in [0.29, 0.717) is 43.1 Å². The minimum Gasteiger partial charge on any atom is -0.494 e. The first-order valence-electron chi connectivity index (χ1n) is 10.7. The van der Waals surface area contributed by atoms with Crippen LogP contribution in [-0.4, -0.2) is 46.6 Å². The molecule has 8 nitrogen and oxygen atoms in total. The molecule has 0 unspecified atom stereocenters. The highest BCUT2D eigenvalue weighted by Crippen LogP contribution is 2.22. The number of nitrogens with zero attached hydrogens (tertiary/aromatic N) is 1. The predicted molar refractivity (Wildman–Crippen MR) is 121 cm³/mol. The lowest BCUT2D eigenvalue weighted by molar-refractivity contribution is -0.144. The fraction of sp³-hybridized carbons (Fsp3) is 0.391. The van der Waals surface area contributed by atoms with Gasteiger partial charge in [0.1, 0.15) is 30.5 Å². The van der Waals surface area contributed by atoms with Crippen molar-refractivity contribution in [2.75, 3.05) is 26.4 Å². The maximum Gasteiger partial charge on any atom is 0.305 e. The van der Waals surface area contributed by atoms with Crippen molar-refractivity contribution in [3.05, 3.63) is 54.1 Å². The molecule has 9 heteroatoms. The van der Waals surface area contributed by atoms with Crippen molar-refractivity contribution in [2.45, 2.75) is 37.5 Å². The van der Waals surface area contributed by atoms with Gasteiger partial charge in [-0.1, -0.05) is 18.6 Å². The van der Waals surface area contributed by atoms with Gasteiger partial charge in [0, 0.05) is 18.5 Å². The number of amidine groups is 1. The molecule has 0 aliphatic carbocycles. The van der Waals surface area contributed by atoms with Gasteiger partial charge in [0.25, 0.3) is 10.0 Å². The predicted octanol–water partition coefficient (Wildman–Crippen LogP) is 3.31. The van der Waals surface area contributed by atoms with Gasteiger partial charge in [0.2, 0.25) is 0 Å². The zero-order valence-corrected chi connectivity index (χ0v) is 18.9. The van der Waals surface area contributed by atoms with Crippen molar-refractivity contribution in [1.82, 2.24) is 4.72 Å². The van der Waals surface area contributed by atoms with E-state index in [4.69, 9.17) is 14.2 Å². The molecule has 3 rings (SSSR count). The van der Waals surface area contributed by atoms with Crippen LogP contribution in [0.1, 0.15) is 38.2 Å². The van der Waals surface area contributed by atoms with E-state index >= 15 is 0 Å². The van der Waals surface area contributed by atoms with Crippen LogP contribution in [0.4, 0.5) is 0 Å². The lowest BCUT2D eigenvalue weighted by Gasteiger charge is -2.08. The topological polar surface area (TPSA) is 103 Å². The number of ether oxygens (including phenoxy) is 3. The van der Waals surface area contributed by atoms with Crippen molar-refractivity contribution in [1.29, 1.82) is 0 Å². The molecule has 32 heavy (non-hydrogen) atoms. The van der Waals surface area contributed by atoms with Gasteiger partial charge >= 0.3 is 5.97 Å². The van der Waals surface area contributed by atoms with Crippen molar-refractivity contribution in [3.63, 3.8) is 0 Å². The number of nitrogens with one attached hydrogen (secondary N) is 1. The number of benzene rings is 2. The Morgan fingerprint density at radius 2 is 1.66 bits per heavy atom. The van der Waals surface area contributed by atoms with E-state index < -0.39 is 10.0 Å². The second-order valence-corrected chi connectivity index (χ2v) is 8.77. The van der Waals surface area contributed by atoms with Crippen LogP contribution in [0.15, 0.2) is 58.4 Å². The molecule has 0 aromatic heterocycles. The second kappa shape index (κ2) is 11.5. The molecular weight excluding hydrogens is 432 g/mol. The van der Waals surface area contributed by atoms with Crippen molar-refractivity contribution in [2.24, 2.45) is 4.99 Å². The molecule has 1 heterocycles. The minimum absolute atomic E-state index is 0.194. The van der Waals surface area contributed by atoms with Gasteiger partial charge in [-0.25, -0.2) is 8.42 Å². The summed E-state index contributed by atoms with van der Waals surface area (Å²) in [6, 6.07) is 14.1. The van der Waals surface area contributed by atoms with E-state index in [1.54, 1.807) is 24.3 Å². The van der Waals surface area contributed by atoms with Gasteiger partial charge in [-0.15, -0.1) is 0 Å². The highest BCUT2D eigenvalue weighted by Gasteiger charge is 2.29. The molecule has 1 aliphatic heterocycles. The molecule has 1 aliphatic rings. The van der Waals surface area contributed by atoms with Crippen LogP contribution in [0.5, 0.6) is 11.5 Å². The number of fused-ring (bicyclic) bond motifs is 1. The third kappa shape index (κ3) is 6.71. The van der Waals surface area contributed by atoms with Crippen LogP contribution in [0, 0.1) is 0 Å². The molecule has 0 radical (unpaired) electrons. The molecular formula is C23H28N2O6S. The molecule has 0 fully saturated rings. The number of hydrogen-bond acceptors (Lipinski definition) is 7. The van der Waals surface area contributed by atoms with Crippen LogP contribution >= 0.6 is 0 Å². The Morgan fingerprint density at radius 3 is 2.41 bits per heavy atom. The fourth-order valence-corrected chi connectivity index (χ4v) is 4.44. The summed E-state index contributed by atoms with van der Waals surface area (Å²) < 4.78 is 42.7. The maximum absolute atomic E-state index is 12.0. The summed E-state index contributed by atoms with van der Waals surface area (Å²) >= 11 is 0. The monoisotopic (exact) mass is 460 g/mol. The maximum atomic E-state index is 12.0. The van der Waals surface area contributed by atoms with E-state index in [0.717, 1.165) is 18.6 Å². The molecule has 0 amide bonds. The normalized spacial score (nSPS) is 15.1. The average molecular weight is 461 g/mol. The van der Waals surface area contributed by atoms with Crippen LogP contribution in [-0.2, 0) is 19.6 Å². The van der Waals surface area contributed by atoms with Gasteiger partial charge in [-0.3, -0.25) is 14.5 Å². The SMILES string of the molecule is CCOc1ccc(OCCOC(=O)CCCCCN=C2NS(=O)(=O)c3ccccc32)cc1. The fourth-order valence-electron chi connectivity index (χ4n) is 3.19. The first-order valence-corrected chi connectivity index (χ1v) is 12.2. The molecule has 172 valence electrons.